The number of hydrogen-bond donors (Lipinski definition) is 0. The minimum atomic E-state index is -0.237. The van der Waals surface area contributed by atoms with Crippen LogP contribution in [0.25, 0.3) is 0 Å². The second-order valence-electron chi connectivity index (χ2n) is 4.08. The molecule has 0 saturated carbocycles. The van der Waals surface area contributed by atoms with Crippen LogP contribution in [-0.2, 0) is 4.79 Å². The van der Waals surface area contributed by atoms with E-state index in [0.717, 1.165) is 30.2 Å². The smallest absolute Gasteiger partial charge is 0.238 e. The first-order chi connectivity index (χ1) is 7.74. The molecule has 0 N–H and O–H groups in total. The molecule has 1 fully saturated rings. The van der Waals surface area contributed by atoms with Gasteiger partial charge in [0.25, 0.3) is 0 Å². The highest BCUT2D eigenvalue weighted by Crippen LogP contribution is 2.38. The van der Waals surface area contributed by atoms with Gasteiger partial charge in [0.05, 0.1) is 0 Å². The van der Waals surface area contributed by atoms with Crippen LogP contribution in [0.5, 0.6) is 11.5 Å². The van der Waals surface area contributed by atoms with Gasteiger partial charge >= 0.3 is 0 Å². The highest BCUT2D eigenvalue weighted by atomic mass is 16.7. The van der Waals surface area contributed by atoms with Gasteiger partial charge < -0.3 is 14.4 Å². The van der Waals surface area contributed by atoms with E-state index in [2.05, 4.69) is 0 Å². The van der Waals surface area contributed by atoms with Crippen LogP contribution < -0.4 is 14.4 Å². The van der Waals surface area contributed by atoms with Crippen LogP contribution in [0.15, 0.2) is 18.2 Å². The summed E-state index contributed by atoms with van der Waals surface area (Å²) >= 11 is 0. The van der Waals surface area contributed by atoms with Crippen molar-refractivity contribution in [1.82, 2.24) is 0 Å². The third-order valence-corrected chi connectivity index (χ3v) is 2.90. The van der Waals surface area contributed by atoms with E-state index < -0.39 is 0 Å². The Bertz CT molecular complexity index is 444. The molecule has 2 aliphatic heterocycles. The fraction of sp³-hybridized carbons (Fsp3) is 0.417. The van der Waals surface area contributed by atoms with E-state index in [4.69, 9.17) is 9.47 Å². The third kappa shape index (κ3) is 1.41. The van der Waals surface area contributed by atoms with E-state index in [1.54, 1.807) is 4.90 Å². The molecule has 84 valence electrons. The van der Waals surface area contributed by atoms with E-state index in [1.807, 2.05) is 25.1 Å². The number of benzene rings is 1. The van der Waals surface area contributed by atoms with E-state index in [1.165, 1.54) is 0 Å². The summed E-state index contributed by atoms with van der Waals surface area (Å²) in [6, 6.07) is 5.64. The molecule has 1 atom stereocenters. The minimum Gasteiger partial charge on any atom is -0.451 e. The molecule has 4 heteroatoms. The Morgan fingerprint density at radius 1 is 1.31 bits per heavy atom. The number of carbonyl (C=O) groups excluding carboxylic acids is 1. The number of rotatable bonds is 1. The number of anilines is 1. The Labute approximate surface area is 93.8 Å². The summed E-state index contributed by atoms with van der Waals surface area (Å²) < 4.78 is 10.9. The van der Waals surface area contributed by atoms with Crippen LogP contribution in [0.4, 0.5) is 5.69 Å². The lowest BCUT2D eigenvalue weighted by Gasteiger charge is -2.15. The molecule has 3 rings (SSSR count). The predicted octanol–water partition coefficient (Wildman–Crippen LogP) is 1.93. The van der Waals surface area contributed by atoms with Crippen LogP contribution in [0, 0.1) is 0 Å². The van der Waals surface area contributed by atoms with Crippen LogP contribution in [0.1, 0.15) is 19.8 Å². The van der Waals surface area contributed by atoms with Crippen molar-refractivity contribution in [2.45, 2.75) is 26.1 Å². The Morgan fingerprint density at radius 2 is 2.12 bits per heavy atom. The number of carbonyl (C=O) groups is 1. The lowest BCUT2D eigenvalue weighted by atomic mass is 10.2. The summed E-state index contributed by atoms with van der Waals surface area (Å²) in [5, 5.41) is 0. The fourth-order valence-electron chi connectivity index (χ4n) is 2.16. The molecule has 0 radical (unpaired) electrons. The summed E-state index contributed by atoms with van der Waals surface area (Å²) in [5.74, 6) is 1.67. The largest absolute Gasteiger partial charge is 0.451 e. The highest BCUT2D eigenvalue weighted by molar-refractivity contribution is 5.95. The van der Waals surface area contributed by atoms with Gasteiger partial charge in [0.1, 0.15) is 0 Å². The van der Waals surface area contributed by atoms with E-state index in [-0.39, 0.29) is 12.2 Å². The van der Waals surface area contributed by atoms with Crippen molar-refractivity contribution < 1.29 is 14.3 Å². The van der Waals surface area contributed by atoms with Crippen molar-refractivity contribution in [3.05, 3.63) is 18.2 Å². The predicted molar refractivity (Wildman–Crippen MR) is 58.7 cm³/mol. The summed E-state index contributed by atoms with van der Waals surface area (Å²) in [6.45, 7) is 2.65. The molecule has 1 amide bonds. The number of fused-ring (bicyclic) bond motifs is 1. The van der Waals surface area contributed by atoms with Crippen LogP contribution in [-0.4, -0.2) is 18.7 Å². The second kappa shape index (κ2) is 3.40. The lowest BCUT2D eigenvalue weighted by molar-refractivity contribution is -0.117. The quantitative estimate of drug-likeness (QED) is 0.724. The van der Waals surface area contributed by atoms with Gasteiger partial charge in [-0.3, -0.25) is 4.79 Å². The second-order valence-corrected chi connectivity index (χ2v) is 4.08. The Hall–Kier alpha value is -1.71. The van der Waals surface area contributed by atoms with E-state index in [0.29, 0.717) is 6.42 Å². The van der Waals surface area contributed by atoms with E-state index in [9.17, 15) is 4.79 Å². The normalized spacial score (nSPS) is 22.9. The maximum atomic E-state index is 11.6. The Balaban J connectivity index is 1.93. The first kappa shape index (κ1) is 9.51. The molecule has 0 spiro atoms. The SMILES string of the molecule is CC1Oc2ccc(N3CCCC3=O)cc2O1. The van der Waals surface area contributed by atoms with Gasteiger partial charge in [-0.1, -0.05) is 0 Å². The van der Waals surface area contributed by atoms with Gasteiger partial charge in [0.2, 0.25) is 12.2 Å². The van der Waals surface area contributed by atoms with Gasteiger partial charge in [-0.15, -0.1) is 0 Å². The van der Waals surface area contributed by atoms with Crippen molar-refractivity contribution in [1.29, 1.82) is 0 Å². The molecular weight excluding hydrogens is 206 g/mol. The zero-order valence-electron chi connectivity index (χ0n) is 9.10. The molecule has 0 bridgehead atoms. The molecule has 1 aromatic rings. The number of amides is 1. The molecule has 0 aliphatic carbocycles. The summed E-state index contributed by atoms with van der Waals surface area (Å²) in [6.07, 6.45) is 1.34. The average molecular weight is 219 g/mol. The molecule has 4 nitrogen and oxygen atoms in total. The lowest BCUT2D eigenvalue weighted by Crippen LogP contribution is -2.23. The zero-order valence-corrected chi connectivity index (χ0v) is 9.10. The zero-order chi connectivity index (χ0) is 11.1. The van der Waals surface area contributed by atoms with Crippen molar-refractivity contribution >= 4 is 11.6 Å². The monoisotopic (exact) mass is 219 g/mol. The van der Waals surface area contributed by atoms with Gasteiger partial charge in [0.15, 0.2) is 11.5 Å². The fourth-order valence-corrected chi connectivity index (χ4v) is 2.16. The van der Waals surface area contributed by atoms with Gasteiger partial charge in [-0.2, -0.15) is 0 Å². The summed E-state index contributed by atoms with van der Waals surface area (Å²) in [7, 11) is 0. The molecule has 2 aliphatic rings. The molecule has 0 aromatic heterocycles. The van der Waals surface area contributed by atoms with Gasteiger partial charge in [0, 0.05) is 31.6 Å². The molecule has 1 saturated heterocycles. The number of nitrogens with zero attached hydrogens (tertiary/aromatic N) is 1. The van der Waals surface area contributed by atoms with Crippen LogP contribution in [0.3, 0.4) is 0 Å². The number of ether oxygens (including phenoxy) is 2. The molecule has 2 heterocycles. The van der Waals surface area contributed by atoms with Crippen LogP contribution in [0.2, 0.25) is 0 Å². The molecule has 16 heavy (non-hydrogen) atoms. The van der Waals surface area contributed by atoms with Crippen molar-refractivity contribution in [2.24, 2.45) is 0 Å². The molecule has 1 unspecified atom stereocenters. The van der Waals surface area contributed by atoms with E-state index >= 15 is 0 Å². The van der Waals surface area contributed by atoms with Crippen molar-refractivity contribution in [2.75, 3.05) is 11.4 Å². The topological polar surface area (TPSA) is 38.8 Å². The Kier molecular flexibility index (Phi) is 2.02. The van der Waals surface area contributed by atoms with Crippen molar-refractivity contribution in [3.63, 3.8) is 0 Å². The van der Waals surface area contributed by atoms with Gasteiger partial charge in [-0.05, 0) is 18.6 Å². The summed E-state index contributed by atoms with van der Waals surface area (Å²) in [4.78, 5) is 13.4. The van der Waals surface area contributed by atoms with Gasteiger partial charge in [-0.25, -0.2) is 0 Å². The minimum absolute atomic E-state index is 0.187. The average Bonchev–Trinajstić information content (AvgIpc) is 2.81. The third-order valence-electron chi connectivity index (χ3n) is 2.90. The highest BCUT2D eigenvalue weighted by Gasteiger charge is 2.25. The first-order valence-electron chi connectivity index (χ1n) is 5.52. The number of hydrogen-bond acceptors (Lipinski definition) is 3. The maximum Gasteiger partial charge on any atom is 0.238 e. The maximum absolute atomic E-state index is 11.6. The van der Waals surface area contributed by atoms with Crippen molar-refractivity contribution in [3.8, 4) is 11.5 Å². The Morgan fingerprint density at radius 3 is 2.88 bits per heavy atom. The van der Waals surface area contributed by atoms with Crippen LogP contribution >= 0.6 is 0 Å². The summed E-state index contributed by atoms with van der Waals surface area (Å²) in [5.41, 5.74) is 0.902. The standard InChI is InChI=1S/C12H13NO3/c1-8-15-10-5-4-9(7-11(10)16-8)13-6-2-3-12(13)14/h4-5,7-8H,2-3,6H2,1H3. The first-order valence-corrected chi connectivity index (χ1v) is 5.52. The molecule has 1 aromatic carbocycles. The molecular formula is C12H13NO3.